The molecule has 2 fully saturated rings. The molecule has 0 radical (unpaired) electrons. The van der Waals surface area contributed by atoms with Crippen molar-refractivity contribution in [3.8, 4) is 10.6 Å². The predicted octanol–water partition coefficient (Wildman–Crippen LogP) is 4.07. The smallest absolute Gasteiger partial charge is 0.201 e. The third-order valence-corrected chi connectivity index (χ3v) is 8.34. The fraction of sp³-hybridized carbons (Fsp3) is 0.556. The minimum Gasteiger partial charge on any atom is -0.396 e. The average molecular weight is 467 g/mol. The van der Waals surface area contributed by atoms with Crippen LogP contribution in [0.15, 0.2) is 24.3 Å². The molecule has 0 amide bonds. The van der Waals surface area contributed by atoms with E-state index in [1.165, 1.54) is 51.0 Å². The molecule has 0 spiro atoms. The van der Waals surface area contributed by atoms with Crippen molar-refractivity contribution < 1.29 is 9.84 Å². The fourth-order valence-corrected chi connectivity index (χ4v) is 6.58. The summed E-state index contributed by atoms with van der Waals surface area (Å²) < 4.78 is 9.29. The molecule has 0 saturated carbocycles. The fourth-order valence-electron chi connectivity index (χ4n) is 5.44. The summed E-state index contributed by atoms with van der Waals surface area (Å²) in [5.41, 5.74) is 6.27. The number of fused-ring (bicyclic) bond motifs is 2. The Morgan fingerprint density at radius 1 is 1.09 bits per heavy atom. The Bertz CT molecular complexity index is 1160. The maximum absolute atomic E-state index is 9.61. The number of hydrogen-bond acceptors (Lipinski definition) is 5. The van der Waals surface area contributed by atoms with Crippen LogP contribution in [0.25, 0.3) is 20.8 Å². The molecule has 3 heterocycles. The SMILES string of the molecule is CCc1cc(=[N+]2CCOCC2)cc2sc3cc(N4CCCCC4CCO)cc(CC)c3nc1-2. The lowest BCUT2D eigenvalue weighted by Gasteiger charge is -2.38. The standard InChI is InChI=1S/C27H36N3O2S/c1-3-19-15-22(29-10-13-32-14-11-29)17-24-26(19)28-27-20(4-2)16-23(18-25(27)33-24)30-9-6-5-7-21(30)8-12-31/h15-18,21,31H,3-14H2,1-2H3/q+1. The Morgan fingerprint density at radius 2 is 1.91 bits per heavy atom. The quantitative estimate of drug-likeness (QED) is 0.455. The number of aromatic nitrogens is 1. The largest absolute Gasteiger partial charge is 0.396 e. The highest BCUT2D eigenvalue weighted by Crippen LogP contribution is 2.37. The number of aliphatic hydroxyl groups excluding tert-OH is 1. The maximum Gasteiger partial charge on any atom is 0.201 e. The van der Waals surface area contributed by atoms with Gasteiger partial charge in [0.15, 0.2) is 13.1 Å². The second kappa shape index (κ2) is 10.1. The molecule has 0 aromatic heterocycles. The van der Waals surface area contributed by atoms with Gasteiger partial charge in [-0.25, -0.2) is 9.56 Å². The van der Waals surface area contributed by atoms with Crippen molar-refractivity contribution in [1.82, 2.24) is 9.56 Å². The summed E-state index contributed by atoms with van der Waals surface area (Å²) in [7, 11) is 0. The van der Waals surface area contributed by atoms with Crippen LogP contribution in [0.5, 0.6) is 0 Å². The molecule has 5 rings (SSSR count). The summed E-state index contributed by atoms with van der Waals surface area (Å²) in [6.45, 7) is 9.30. The van der Waals surface area contributed by atoms with E-state index in [4.69, 9.17) is 9.72 Å². The summed E-state index contributed by atoms with van der Waals surface area (Å²) in [6.07, 6.45) is 6.46. The maximum atomic E-state index is 9.61. The van der Waals surface area contributed by atoms with E-state index in [1.807, 2.05) is 11.3 Å². The molecule has 4 aliphatic rings. The van der Waals surface area contributed by atoms with Gasteiger partial charge in [-0.3, -0.25) is 0 Å². The number of piperidine rings is 1. The molecule has 0 bridgehead atoms. The second-order valence-corrected chi connectivity index (χ2v) is 10.4. The van der Waals surface area contributed by atoms with Crippen LogP contribution in [-0.2, 0) is 17.6 Å². The van der Waals surface area contributed by atoms with Crippen molar-refractivity contribution in [2.24, 2.45) is 0 Å². The van der Waals surface area contributed by atoms with E-state index < -0.39 is 0 Å². The summed E-state index contributed by atoms with van der Waals surface area (Å²) in [4.78, 5) is 9.07. The molecule has 2 saturated heterocycles. The van der Waals surface area contributed by atoms with Crippen molar-refractivity contribution >= 4 is 27.2 Å². The third-order valence-electron chi connectivity index (χ3n) is 7.28. The highest BCUT2D eigenvalue weighted by Gasteiger charge is 2.24. The van der Waals surface area contributed by atoms with Crippen LogP contribution in [0.4, 0.5) is 5.69 Å². The van der Waals surface area contributed by atoms with E-state index in [2.05, 4.69) is 47.6 Å². The van der Waals surface area contributed by atoms with Crippen LogP contribution < -0.4 is 14.8 Å². The van der Waals surface area contributed by atoms with Crippen molar-refractivity contribution in [2.45, 2.75) is 58.4 Å². The molecular weight excluding hydrogens is 430 g/mol. The second-order valence-electron chi connectivity index (χ2n) is 9.28. The van der Waals surface area contributed by atoms with Gasteiger partial charge in [-0.1, -0.05) is 13.8 Å². The lowest BCUT2D eigenvalue weighted by molar-refractivity contribution is 0.0965. The molecule has 1 atom stereocenters. The van der Waals surface area contributed by atoms with Crippen LogP contribution in [0.1, 0.15) is 50.7 Å². The van der Waals surface area contributed by atoms with Gasteiger partial charge in [0.05, 0.1) is 20.8 Å². The summed E-state index contributed by atoms with van der Waals surface area (Å²) in [5, 5.41) is 10.9. The summed E-state index contributed by atoms with van der Waals surface area (Å²) >= 11 is 1.88. The Hall–Kier alpha value is -2.02. The van der Waals surface area contributed by atoms with E-state index in [-0.39, 0.29) is 6.61 Å². The first-order valence-electron chi connectivity index (χ1n) is 12.7. The van der Waals surface area contributed by atoms with Gasteiger partial charge in [0, 0.05) is 37.0 Å². The zero-order valence-corrected chi connectivity index (χ0v) is 20.8. The molecule has 33 heavy (non-hydrogen) atoms. The van der Waals surface area contributed by atoms with Crippen molar-refractivity contribution in [2.75, 3.05) is 44.4 Å². The lowest BCUT2D eigenvalue weighted by Crippen LogP contribution is -2.40. The predicted molar refractivity (Wildman–Crippen MR) is 138 cm³/mol. The molecule has 6 heteroatoms. The first-order valence-corrected chi connectivity index (χ1v) is 13.5. The van der Waals surface area contributed by atoms with Gasteiger partial charge in [0.1, 0.15) is 13.2 Å². The Balaban J connectivity index is 1.68. The van der Waals surface area contributed by atoms with Crippen molar-refractivity contribution in [1.29, 1.82) is 0 Å². The van der Waals surface area contributed by atoms with Gasteiger partial charge in [0.2, 0.25) is 5.36 Å². The van der Waals surface area contributed by atoms with Crippen LogP contribution in [0, 0.1) is 0 Å². The number of rotatable bonds is 5. The minimum absolute atomic E-state index is 0.258. The molecule has 3 aliphatic heterocycles. The van der Waals surface area contributed by atoms with Gasteiger partial charge in [-0.2, -0.15) is 0 Å². The molecule has 1 aliphatic carbocycles. The zero-order valence-electron chi connectivity index (χ0n) is 20.0. The molecule has 1 aromatic carbocycles. The summed E-state index contributed by atoms with van der Waals surface area (Å²) in [5.74, 6) is 0. The normalized spacial score (nSPS) is 19.5. The highest BCUT2D eigenvalue weighted by molar-refractivity contribution is 7.21. The number of ether oxygens (including phenoxy) is 1. The topological polar surface area (TPSA) is 48.6 Å². The number of morpholine rings is 1. The van der Waals surface area contributed by atoms with Gasteiger partial charge in [0.25, 0.3) is 0 Å². The minimum atomic E-state index is 0.258. The molecule has 176 valence electrons. The number of aliphatic hydroxyl groups is 1. The molecule has 5 nitrogen and oxygen atoms in total. The van der Waals surface area contributed by atoms with Gasteiger partial charge in [-0.15, -0.1) is 11.3 Å². The highest BCUT2D eigenvalue weighted by atomic mass is 32.1. The van der Waals surface area contributed by atoms with E-state index in [9.17, 15) is 5.11 Å². The molecule has 1 aromatic rings. The van der Waals surface area contributed by atoms with E-state index in [0.29, 0.717) is 6.04 Å². The molecule has 1 unspecified atom stereocenters. The zero-order chi connectivity index (χ0) is 22.8. The molecule has 1 N–H and O–H groups in total. The number of hydrogen-bond donors (Lipinski definition) is 1. The Kier molecular flexibility index (Phi) is 6.95. The van der Waals surface area contributed by atoms with Crippen LogP contribution in [0.3, 0.4) is 0 Å². The van der Waals surface area contributed by atoms with E-state index in [0.717, 1.165) is 63.3 Å². The first-order chi connectivity index (χ1) is 16.2. The van der Waals surface area contributed by atoms with Crippen LogP contribution in [-0.4, -0.2) is 55.6 Å². The number of benzene rings is 2. The third kappa shape index (κ3) is 4.53. The number of nitrogens with zero attached hydrogens (tertiary/aromatic N) is 3. The van der Waals surface area contributed by atoms with Crippen molar-refractivity contribution in [3.63, 3.8) is 0 Å². The van der Waals surface area contributed by atoms with E-state index in [1.54, 1.807) is 0 Å². The first kappa shape index (κ1) is 22.8. The van der Waals surface area contributed by atoms with E-state index >= 15 is 0 Å². The number of anilines is 1. The average Bonchev–Trinajstić information content (AvgIpc) is 2.87. The van der Waals surface area contributed by atoms with Crippen LogP contribution in [0.2, 0.25) is 0 Å². The van der Waals surface area contributed by atoms with Gasteiger partial charge in [-0.05, 0) is 61.8 Å². The molecular formula is C27H36N3O2S+. The van der Waals surface area contributed by atoms with Gasteiger partial charge >= 0.3 is 0 Å². The monoisotopic (exact) mass is 466 g/mol. The lowest BCUT2D eigenvalue weighted by atomic mass is 9.98. The van der Waals surface area contributed by atoms with Gasteiger partial charge < -0.3 is 14.7 Å². The van der Waals surface area contributed by atoms with Crippen LogP contribution >= 0.6 is 11.3 Å². The summed E-state index contributed by atoms with van der Waals surface area (Å²) in [6, 6.07) is 9.83. The van der Waals surface area contributed by atoms with Crippen molar-refractivity contribution in [3.05, 3.63) is 40.7 Å². The number of aryl methyl sites for hydroxylation is 2. The Morgan fingerprint density at radius 3 is 2.67 bits per heavy atom. The Labute approximate surface area is 200 Å².